The quantitative estimate of drug-likeness (QED) is 0.639. The second-order valence-corrected chi connectivity index (χ2v) is 7.32. The van der Waals surface area contributed by atoms with Crippen molar-refractivity contribution in [2.24, 2.45) is 0 Å². The maximum absolute atomic E-state index is 11.5. The highest BCUT2D eigenvalue weighted by atomic mass is 35.5. The van der Waals surface area contributed by atoms with Crippen molar-refractivity contribution < 1.29 is 24.1 Å². The van der Waals surface area contributed by atoms with Gasteiger partial charge in [0.2, 0.25) is 0 Å². The van der Waals surface area contributed by atoms with Gasteiger partial charge in [-0.15, -0.1) is 0 Å². The first-order valence-corrected chi connectivity index (χ1v) is 10.1. The van der Waals surface area contributed by atoms with Crippen molar-refractivity contribution in [2.75, 3.05) is 26.4 Å². The third-order valence-corrected chi connectivity index (χ3v) is 4.95. The maximum atomic E-state index is 11.5. The van der Waals surface area contributed by atoms with Crippen LogP contribution in [0.3, 0.4) is 0 Å². The van der Waals surface area contributed by atoms with Gasteiger partial charge in [0.05, 0.1) is 19.3 Å². The number of ether oxygens (including phenoxy) is 3. The van der Waals surface area contributed by atoms with Crippen LogP contribution in [0.1, 0.15) is 30.6 Å². The molecule has 2 aromatic carbocycles. The van der Waals surface area contributed by atoms with Gasteiger partial charge in [0.1, 0.15) is 11.5 Å². The Morgan fingerprint density at radius 1 is 1.34 bits per heavy atom. The van der Waals surface area contributed by atoms with Crippen LogP contribution in [0, 0.1) is 0 Å². The van der Waals surface area contributed by atoms with Crippen molar-refractivity contribution in [1.29, 1.82) is 0 Å². The highest BCUT2D eigenvalue weighted by molar-refractivity contribution is 6.30. The Hall–Kier alpha value is -2.28. The van der Waals surface area contributed by atoms with Gasteiger partial charge in [0.25, 0.3) is 0 Å². The molecule has 0 aromatic heterocycles. The Morgan fingerprint density at radius 2 is 2.21 bits per heavy atom. The summed E-state index contributed by atoms with van der Waals surface area (Å²) >= 11 is 6.00. The average molecular weight is 420 g/mol. The molecule has 1 aliphatic heterocycles. The second kappa shape index (κ2) is 10.5. The summed E-state index contributed by atoms with van der Waals surface area (Å²) in [6, 6.07) is 12.9. The summed E-state index contributed by atoms with van der Waals surface area (Å²) in [7, 11) is 0. The number of carbonyl (C=O) groups is 1. The molecule has 0 saturated heterocycles. The van der Waals surface area contributed by atoms with Crippen LogP contribution in [0.25, 0.3) is 0 Å². The van der Waals surface area contributed by atoms with Crippen molar-refractivity contribution >= 4 is 17.6 Å². The number of hydrogen-bond acceptors (Lipinski definition) is 6. The van der Waals surface area contributed by atoms with Gasteiger partial charge in [-0.2, -0.15) is 0 Å². The van der Waals surface area contributed by atoms with E-state index >= 15 is 0 Å². The van der Waals surface area contributed by atoms with Gasteiger partial charge < -0.3 is 24.6 Å². The summed E-state index contributed by atoms with van der Waals surface area (Å²) in [5, 5.41) is 14.5. The molecule has 0 radical (unpaired) electrons. The first-order chi connectivity index (χ1) is 14.0. The number of esters is 1. The van der Waals surface area contributed by atoms with Gasteiger partial charge in [0.15, 0.2) is 6.61 Å². The van der Waals surface area contributed by atoms with Crippen molar-refractivity contribution in [3.05, 3.63) is 58.6 Å². The van der Waals surface area contributed by atoms with Crippen molar-refractivity contribution in [3.63, 3.8) is 0 Å². The molecule has 0 aliphatic carbocycles. The number of nitrogens with one attached hydrogen (secondary N) is 1. The van der Waals surface area contributed by atoms with E-state index in [1.54, 1.807) is 25.1 Å². The predicted octanol–water partition coefficient (Wildman–Crippen LogP) is 3.30. The highest BCUT2D eigenvalue weighted by Crippen LogP contribution is 2.28. The number of benzene rings is 2. The minimum Gasteiger partial charge on any atom is -0.493 e. The third-order valence-electron chi connectivity index (χ3n) is 4.72. The van der Waals surface area contributed by atoms with Crippen LogP contribution in [-0.4, -0.2) is 43.5 Å². The fraction of sp³-hybridized carbons (Fsp3) is 0.409. The molecule has 7 heteroatoms. The van der Waals surface area contributed by atoms with E-state index in [0.29, 0.717) is 30.5 Å². The zero-order valence-electron chi connectivity index (χ0n) is 16.4. The van der Waals surface area contributed by atoms with E-state index in [1.807, 2.05) is 24.3 Å². The van der Waals surface area contributed by atoms with E-state index in [0.717, 1.165) is 29.7 Å². The van der Waals surface area contributed by atoms with Gasteiger partial charge in [-0.1, -0.05) is 23.7 Å². The Labute approximate surface area is 175 Å². The maximum Gasteiger partial charge on any atom is 0.344 e. The number of fused-ring (bicyclic) bond motifs is 1. The molecular formula is C22H26ClNO5. The summed E-state index contributed by atoms with van der Waals surface area (Å²) in [5.74, 6) is 1.02. The lowest BCUT2D eigenvalue weighted by Gasteiger charge is -2.19. The minimum atomic E-state index is -0.642. The molecule has 1 heterocycles. The molecule has 0 spiro atoms. The van der Waals surface area contributed by atoms with Gasteiger partial charge in [-0.05, 0) is 61.2 Å². The van der Waals surface area contributed by atoms with E-state index < -0.39 is 12.1 Å². The zero-order chi connectivity index (χ0) is 20.6. The van der Waals surface area contributed by atoms with Crippen LogP contribution in [0.15, 0.2) is 42.5 Å². The number of halogens is 1. The molecule has 2 N–H and O–H groups in total. The molecule has 6 nitrogen and oxygen atoms in total. The summed E-state index contributed by atoms with van der Waals surface area (Å²) < 4.78 is 16.2. The van der Waals surface area contributed by atoms with Crippen LogP contribution < -0.4 is 14.8 Å². The van der Waals surface area contributed by atoms with Gasteiger partial charge in [-0.3, -0.25) is 0 Å². The number of rotatable bonds is 8. The summed E-state index contributed by atoms with van der Waals surface area (Å²) in [6.45, 7) is 2.96. The number of aliphatic hydroxyl groups is 1. The summed E-state index contributed by atoms with van der Waals surface area (Å²) in [5.41, 5.74) is 1.78. The van der Waals surface area contributed by atoms with Crippen LogP contribution in [0.4, 0.5) is 0 Å². The van der Waals surface area contributed by atoms with E-state index in [9.17, 15) is 9.90 Å². The number of hydrogen-bond donors (Lipinski definition) is 2. The Bertz CT molecular complexity index is 829. The standard InChI is InChI=1S/C22H26ClNO5/c1-2-27-22(26)14-29-19-6-7-21-16(12-19)11-18(8-9-28-21)24-13-20(25)15-4-3-5-17(23)10-15/h3-7,10,12,18,20,24-25H,2,8-9,11,13-14H2,1H3. The molecule has 0 bridgehead atoms. The van der Waals surface area contributed by atoms with E-state index in [-0.39, 0.29) is 12.6 Å². The lowest BCUT2D eigenvalue weighted by Crippen LogP contribution is -2.34. The molecule has 2 aromatic rings. The molecule has 2 atom stereocenters. The molecule has 3 rings (SSSR count). The molecular weight excluding hydrogens is 394 g/mol. The molecule has 0 fully saturated rings. The van der Waals surface area contributed by atoms with Crippen LogP contribution in [-0.2, 0) is 16.0 Å². The van der Waals surface area contributed by atoms with Crippen molar-refractivity contribution in [3.8, 4) is 11.5 Å². The van der Waals surface area contributed by atoms with Gasteiger partial charge >= 0.3 is 5.97 Å². The molecule has 29 heavy (non-hydrogen) atoms. The number of carbonyl (C=O) groups excluding carboxylic acids is 1. The van der Waals surface area contributed by atoms with Crippen LogP contribution in [0.2, 0.25) is 5.02 Å². The Morgan fingerprint density at radius 3 is 3.00 bits per heavy atom. The molecule has 0 saturated carbocycles. The number of aliphatic hydroxyl groups excluding tert-OH is 1. The lowest BCUT2D eigenvalue weighted by molar-refractivity contribution is -0.145. The smallest absolute Gasteiger partial charge is 0.344 e. The van der Waals surface area contributed by atoms with E-state index in [2.05, 4.69) is 5.32 Å². The van der Waals surface area contributed by atoms with E-state index in [4.69, 9.17) is 25.8 Å². The molecule has 2 unspecified atom stereocenters. The summed E-state index contributed by atoms with van der Waals surface area (Å²) in [4.78, 5) is 11.5. The monoisotopic (exact) mass is 419 g/mol. The largest absolute Gasteiger partial charge is 0.493 e. The van der Waals surface area contributed by atoms with Crippen LogP contribution in [0.5, 0.6) is 11.5 Å². The first-order valence-electron chi connectivity index (χ1n) is 9.76. The Kier molecular flexibility index (Phi) is 7.75. The van der Waals surface area contributed by atoms with E-state index in [1.165, 1.54) is 0 Å². The topological polar surface area (TPSA) is 77.0 Å². The highest BCUT2D eigenvalue weighted by Gasteiger charge is 2.20. The second-order valence-electron chi connectivity index (χ2n) is 6.88. The first kappa shape index (κ1) is 21.4. The fourth-order valence-electron chi connectivity index (χ4n) is 3.25. The average Bonchev–Trinajstić information content (AvgIpc) is 2.92. The van der Waals surface area contributed by atoms with Crippen molar-refractivity contribution in [1.82, 2.24) is 5.32 Å². The van der Waals surface area contributed by atoms with Gasteiger partial charge in [-0.25, -0.2) is 4.79 Å². The normalized spacial score (nSPS) is 16.9. The fourth-order valence-corrected chi connectivity index (χ4v) is 3.45. The minimum absolute atomic E-state index is 0.124. The summed E-state index contributed by atoms with van der Waals surface area (Å²) in [6.07, 6.45) is 0.904. The van der Waals surface area contributed by atoms with Crippen molar-refractivity contribution in [2.45, 2.75) is 31.9 Å². The van der Waals surface area contributed by atoms with Crippen LogP contribution >= 0.6 is 11.6 Å². The van der Waals surface area contributed by atoms with Gasteiger partial charge in [0, 0.05) is 17.6 Å². The predicted molar refractivity (Wildman–Crippen MR) is 111 cm³/mol. The lowest BCUT2D eigenvalue weighted by atomic mass is 10.0. The zero-order valence-corrected chi connectivity index (χ0v) is 17.2. The molecule has 156 valence electrons. The molecule has 1 aliphatic rings. The SMILES string of the molecule is CCOC(=O)COc1ccc2c(c1)CC(NCC(O)c1cccc(Cl)c1)CCO2. The third kappa shape index (κ3) is 6.35. The Balaban J connectivity index is 1.58. The molecule has 0 amide bonds.